The van der Waals surface area contributed by atoms with Gasteiger partial charge in [0.1, 0.15) is 0 Å². The van der Waals surface area contributed by atoms with Gasteiger partial charge in [-0.2, -0.15) is 0 Å². The summed E-state index contributed by atoms with van der Waals surface area (Å²) >= 11 is -0.0687. The van der Waals surface area contributed by atoms with Crippen molar-refractivity contribution >= 4 is 36.7 Å². The first-order valence-electron chi connectivity index (χ1n) is 10.1. The predicted molar refractivity (Wildman–Crippen MR) is 122 cm³/mol. The minimum absolute atomic E-state index is 0.0353. The summed E-state index contributed by atoms with van der Waals surface area (Å²) in [5.41, 5.74) is 2.71. The Morgan fingerprint density at radius 1 is 0.903 bits per heavy atom. The summed E-state index contributed by atoms with van der Waals surface area (Å²) in [4.78, 5) is 22.0. The number of aliphatic imine (C=N–C) groups is 1. The number of halogens is 1. The second-order valence-electron chi connectivity index (χ2n) is 7.43. The third-order valence-electron chi connectivity index (χ3n) is 5.27. The van der Waals surface area contributed by atoms with Crippen LogP contribution in [0.5, 0.6) is 0 Å². The Morgan fingerprint density at radius 3 is 2.29 bits per heavy atom. The van der Waals surface area contributed by atoms with Crippen molar-refractivity contribution in [3.05, 3.63) is 107 Å². The van der Waals surface area contributed by atoms with Gasteiger partial charge in [0.2, 0.25) is 0 Å². The molecule has 2 heterocycles. The molecule has 4 nitrogen and oxygen atoms in total. The van der Waals surface area contributed by atoms with Crippen molar-refractivity contribution in [1.82, 2.24) is 4.90 Å². The summed E-state index contributed by atoms with van der Waals surface area (Å²) in [6, 6.07) is 26.7. The Morgan fingerprint density at radius 2 is 1.58 bits per heavy atom. The zero-order chi connectivity index (χ0) is 21.2. The number of para-hydroxylation sites is 1. The number of amides is 1. The van der Waals surface area contributed by atoms with Crippen molar-refractivity contribution in [2.24, 2.45) is 4.99 Å². The van der Waals surface area contributed by atoms with E-state index >= 15 is 0 Å². The first-order valence-corrected chi connectivity index (χ1v) is 11.8. The zero-order valence-electron chi connectivity index (χ0n) is 16.7. The second-order valence-corrected chi connectivity index (χ2v) is 9.88. The molecule has 3 aromatic rings. The molecule has 0 unspecified atom stereocenters. The van der Waals surface area contributed by atoms with Crippen LogP contribution in [0.1, 0.15) is 5.56 Å². The SMILES string of the molecule is O=C1C(Cc2ccccc2)=NC2=C([Se]c3ccc(F)cc3)CN(c3ccccc3)CN12. The molecule has 0 N–H and O–H groups in total. The van der Waals surface area contributed by atoms with Gasteiger partial charge in [-0.25, -0.2) is 0 Å². The molecule has 0 saturated carbocycles. The summed E-state index contributed by atoms with van der Waals surface area (Å²) < 4.78 is 15.6. The molecule has 0 aromatic heterocycles. The fraction of sp³-hybridized carbons (Fsp3) is 0.120. The van der Waals surface area contributed by atoms with Crippen molar-refractivity contribution in [1.29, 1.82) is 0 Å². The summed E-state index contributed by atoms with van der Waals surface area (Å²) in [5, 5.41) is 0. The van der Waals surface area contributed by atoms with Crippen LogP contribution in [0.3, 0.4) is 0 Å². The molecule has 0 saturated heterocycles. The van der Waals surface area contributed by atoms with E-state index in [1.54, 1.807) is 4.90 Å². The molecule has 0 radical (unpaired) electrons. The second kappa shape index (κ2) is 8.50. The molecule has 2 aliphatic heterocycles. The number of carbonyl (C=O) groups excluding carboxylic acids is 1. The van der Waals surface area contributed by atoms with Gasteiger partial charge in [0.05, 0.1) is 0 Å². The van der Waals surface area contributed by atoms with Crippen LogP contribution >= 0.6 is 0 Å². The van der Waals surface area contributed by atoms with Crippen LogP contribution < -0.4 is 9.36 Å². The number of carbonyl (C=O) groups is 1. The van der Waals surface area contributed by atoms with Crippen molar-refractivity contribution < 1.29 is 9.18 Å². The molecule has 0 atom stereocenters. The predicted octanol–water partition coefficient (Wildman–Crippen LogP) is 3.33. The number of hydrogen-bond acceptors (Lipinski definition) is 3. The maximum absolute atomic E-state index is 13.4. The molecular formula is C25H20FN3OSe. The molecule has 1 amide bonds. The van der Waals surface area contributed by atoms with Crippen LogP contribution in [0.25, 0.3) is 0 Å². The Bertz CT molecular complexity index is 1160. The van der Waals surface area contributed by atoms with Gasteiger partial charge < -0.3 is 0 Å². The fourth-order valence-electron chi connectivity index (χ4n) is 3.74. The van der Waals surface area contributed by atoms with E-state index in [1.807, 2.05) is 60.7 Å². The van der Waals surface area contributed by atoms with Crippen LogP contribution in [-0.2, 0) is 11.2 Å². The van der Waals surface area contributed by atoms with E-state index in [2.05, 4.69) is 17.0 Å². The molecular weight excluding hydrogens is 456 g/mol. The van der Waals surface area contributed by atoms with E-state index in [0.717, 1.165) is 26.0 Å². The molecule has 6 heteroatoms. The average molecular weight is 476 g/mol. The van der Waals surface area contributed by atoms with Crippen LogP contribution in [0, 0.1) is 5.82 Å². The molecule has 0 bridgehead atoms. The average Bonchev–Trinajstić information content (AvgIpc) is 3.12. The quantitative estimate of drug-likeness (QED) is 0.530. The monoisotopic (exact) mass is 477 g/mol. The van der Waals surface area contributed by atoms with Crippen LogP contribution in [0.2, 0.25) is 0 Å². The molecule has 0 fully saturated rings. The van der Waals surface area contributed by atoms with E-state index in [0.29, 0.717) is 25.3 Å². The Labute approximate surface area is 186 Å². The summed E-state index contributed by atoms with van der Waals surface area (Å²) in [6.45, 7) is 1.17. The third kappa shape index (κ3) is 4.18. The van der Waals surface area contributed by atoms with Crippen LogP contribution in [0.15, 0.2) is 100 Å². The van der Waals surface area contributed by atoms with Gasteiger partial charge >= 0.3 is 187 Å². The van der Waals surface area contributed by atoms with Crippen LogP contribution in [-0.4, -0.2) is 44.7 Å². The van der Waals surface area contributed by atoms with Crippen LogP contribution in [0.4, 0.5) is 10.1 Å². The van der Waals surface area contributed by atoms with Gasteiger partial charge in [0.25, 0.3) is 0 Å². The normalized spacial score (nSPS) is 15.9. The molecule has 2 aliphatic rings. The summed E-state index contributed by atoms with van der Waals surface area (Å²) in [6.07, 6.45) is 0.516. The van der Waals surface area contributed by atoms with E-state index in [9.17, 15) is 9.18 Å². The van der Waals surface area contributed by atoms with Crippen molar-refractivity contribution in [2.45, 2.75) is 6.42 Å². The van der Waals surface area contributed by atoms with Gasteiger partial charge in [0.15, 0.2) is 0 Å². The number of fused-ring (bicyclic) bond motifs is 1. The Hall–Kier alpha value is -3.21. The standard InChI is InChI=1S/C25H20FN3OSe/c26-19-11-13-21(14-12-19)31-23-16-28(20-9-5-2-6-10-20)17-29-24(23)27-22(25(29)30)15-18-7-3-1-4-8-18/h1-14H,15-17H2. The first-order chi connectivity index (χ1) is 15.2. The fourth-order valence-corrected chi connectivity index (χ4v) is 5.88. The minimum atomic E-state index is -0.243. The topological polar surface area (TPSA) is 35.9 Å². The van der Waals surface area contributed by atoms with Gasteiger partial charge in [0, 0.05) is 0 Å². The molecule has 5 rings (SSSR count). The first kappa shape index (κ1) is 19.7. The third-order valence-corrected chi connectivity index (χ3v) is 7.51. The number of rotatable bonds is 5. The molecule has 0 spiro atoms. The van der Waals surface area contributed by atoms with E-state index in [-0.39, 0.29) is 26.7 Å². The molecule has 154 valence electrons. The number of anilines is 1. The molecule has 0 aliphatic carbocycles. The zero-order valence-corrected chi connectivity index (χ0v) is 18.5. The Balaban J connectivity index is 1.50. The van der Waals surface area contributed by atoms with Gasteiger partial charge in [-0.15, -0.1) is 0 Å². The van der Waals surface area contributed by atoms with E-state index < -0.39 is 0 Å². The maximum atomic E-state index is 13.4. The van der Waals surface area contributed by atoms with Crippen molar-refractivity contribution in [2.75, 3.05) is 18.1 Å². The van der Waals surface area contributed by atoms with Gasteiger partial charge in [-0.05, 0) is 0 Å². The number of hydrogen-bond donors (Lipinski definition) is 0. The molecule has 31 heavy (non-hydrogen) atoms. The van der Waals surface area contributed by atoms with Crippen molar-refractivity contribution in [3.63, 3.8) is 0 Å². The number of nitrogens with zero attached hydrogens (tertiary/aromatic N) is 3. The van der Waals surface area contributed by atoms with E-state index in [4.69, 9.17) is 4.99 Å². The van der Waals surface area contributed by atoms with E-state index in [1.165, 1.54) is 12.1 Å². The molecule has 3 aromatic carbocycles. The Kier molecular flexibility index (Phi) is 5.41. The van der Waals surface area contributed by atoms with Gasteiger partial charge in [-0.3, -0.25) is 0 Å². The summed E-state index contributed by atoms with van der Waals surface area (Å²) in [7, 11) is 0. The number of benzene rings is 3. The summed E-state index contributed by atoms with van der Waals surface area (Å²) in [5.74, 6) is 0.493. The van der Waals surface area contributed by atoms with Crippen molar-refractivity contribution in [3.8, 4) is 0 Å². The van der Waals surface area contributed by atoms with Gasteiger partial charge in [-0.1, -0.05) is 0 Å².